The third-order valence-electron chi connectivity index (χ3n) is 5.14. The zero-order valence-corrected chi connectivity index (χ0v) is 17.9. The smallest absolute Gasteiger partial charge is 0.331 e. The average Bonchev–Trinajstić information content (AvgIpc) is 2.95. The lowest BCUT2D eigenvalue weighted by molar-refractivity contribution is -0.164. The monoisotopic (exact) mass is 493 g/mol. The van der Waals surface area contributed by atoms with Gasteiger partial charge in [-0.3, -0.25) is 4.79 Å². The van der Waals surface area contributed by atoms with Crippen LogP contribution < -0.4 is 0 Å². The normalized spacial score (nSPS) is 26.6. The van der Waals surface area contributed by atoms with Crippen LogP contribution in [-0.2, 0) is 14.3 Å². The van der Waals surface area contributed by atoms with Crippen molar-refractivity contribution in [1.82, 2.24) is 4.90 Å². The second kappa shape index (κ2) is 7.47. The van der Waals surface area contributed by atoms with Crippen LogP contribution in [0.2, 0.25) is 0 Å². The molecule has 1 amide bonds. The summed E-state index contributed by atoms with van der Waals surface area (Å²) in [4.78, 5) is 27.2. The highest BCUT2D eigenvalue weighted by Gasteiger charge is 2.60. The molecule has 4 rings (SSSR count). The van der Waals surface area contributed by atoms with Gasteiger partial charge < -0.3 is 9.64 Å². The minimum absolute atomic E-state index is 0.0407. The maximum atomic E-state index is 13.3. The largest absolute Gasteiger partial charge is 0.451 e. The molecule has 1 unspecified atom stereocenters. The summed E-state index contributed by atoms with van der Waals surface area (Å²) < 4.78 is 6.50. The minimum Gasteiger partial charge on any atom is -0.451 e. The molecule has 0 saturated carbocycles. The molecule has 6 heteroatoms. The zero-order valence-electron chi connectivity index (χ0n) is 14.9. The van der Waals surface area contributed by atoms with Crippen LogP contribution in [0.4, 0.5) is 0 Å². The number of carbonyl (C=O) groups is 2. The summed E-state index contributed by atoms with van der Waals surface area (Å²) in [5.41, 5.74) is 1.84. The maximum absolute atomic E-state index is 13.3. The van der Waals surface area contributed by atoms with E-state index in [9.17, 15) is 9.59 Å². The molecule has 0 bridgehead atoms. The van der Waals surface area contributed by atoms with Gasteiger partial charge in [-0.2, -0.15) is 0 Å². The number of rotatable bonds is 5. The molecule has 140 valence electrons. The lowest BCUT2D eigenvalue weighted by Gasteiger charge is -2.38. The number of nitrogens with zero attached hydrogens (tertiary/aromatic N) is 1. The van der Waals surface area contributed by atoms with Gasteiger partial charge in [0, 0.05) is 4.43 Å². The molecule has 2 aromatic carbocycles. The fourth-order valence-corrected chi connectivity index (χ4v) is 6.27. The average molecular weight is 493 g/mol. The predicted molar refractivity (Wildman–Crippen MR) is 115 cm³/mol. The second-order valence-corrected chi connectivity index (χ2v) is 9.54. The summed E-state index contributed by atoms with van der Waals surface area (Å²) in [7, 11) is 0. The van der Waals surface area contributed by atoms with Crippen LogP contribution in [0.15, 0.2) is 60.7 Å². The number of ether oxygens (including phenoxy) is 1. The number of fused-ring (bicyclic) bond motifs is 1. The molecule has 2 heterocycles. The Balaban J connectivity index is 1.65. The van der Waals surface area contributed by atoms with Gasteiger partial charge in [-0.15, -0.1) is 11.8 Å². The van der Waals surface area contributed by atoms with E-state index in [1.165, 1.54) is 0 Å². The molecule has 3 atom stereocenters. The fraction of sp³-hybridized carbons (Fsp3) is 0.333. The lowest BCUT2D eigenvalue weighted by atomic mass is 9.97. The highest BCUT2D eigenvalue weighted by Crippen LogP contribution is 2.52. The van der Waals surface area contributed by atoms with Gasteiger partial charge in [-0.05, 0) is 18.1 Å². The van der Waals surface area contributed by atoms with Crippen molar-refractivity contribution in [3.05, 3.63) is 71.8 Å². The molecular formula is C21H20INO3S. The van der Waals surface area contributed by atoms with E-state index in [4.69, 9.17) is 4.74 Å². The van der Waals surface area contributed by atoms with Crippen molar-refractivity contribution >= 4 is 46.2 Å². The Kier molecular flexibility index (Phi) is 5.20. The summed E-state index contributed by atoms with van der Waals surface area (Å²) >= 11 is 4.02. The molecule has 4 nitrogen and oxygen atoms in total. The Labute approximate surface area is 176 Å². The third-order valence-corrected chi connectivity index (χ3v) is 8.81. The first-order valence-corrected chi connectivity index (χ1v) is 11.3. The summed E-state index contributed by atoms with van der Waals surface area (Å²) in [6.07, 6.45) is 0.0281. The number of β-lactam (4-membered cyclic amide) rings is 1. The molecule has 2 aromatic rings. The minimum atomic E-state index is -0.541. The SMILES string of the molecule is C[C@@]1(CI)SC2CC(=O)N2[C@H]1C(=O)OC(c1ccccc1)c1ccccc1. The molecule has 0 aliphatic carbocycles. The number of halogens is 1. The van der Waals surface area contributed by atoms with Gasteiger partial charge in [0.1, 0.15) is 6.04 Å². The van der Waals surface area contributed by atoms with Gasteiger partial charge in [0.25, 0.3) is 0 Å². The van der Waals surface area contributed by atoms with Crippen LogP contribution in [0.5, 0.6) is 0 Å². The molecule has 2 fully saturated rings. The highest BCUT2D eigenvalue weighted by molar-refractivity contribution is 14.1. The number of carbonyl (C=O) groups excluding carboxylic acids is 2. The Morgan fingerprint density at radius 3 is 2.22 bits per heavy atom. The first-order valence-electron chi connectivity index (χ1n) is 8.89. The first-order chi connectivity index (χ1) is 13.0. The van der Waals surface area contributed by atoms with E-state index >= 15 is 0 Å². The standard InChI is InChI=1S/C21H20INO3S/c1-21(13-22)19(23-16(24)12-17(23)27-21)20(25)26-18(14-8-4-2-5-9-14)15-10-6-3-7-11-15/h2-11,17-19H,12-13H2,1H3/t17?,19-,21-/m0/s1. The number of esters is 1. The van der Waals surface area contributed by atoms with Crippen molar-refractivity contribution in [2.45, 2.75) is 35.6 Å². The van der Waals surface area contributed by atoms with Gasteiger partial charge in [-0.1, -0.05) is 83.3 Å². The summed E-state index contributed by atoms with van der Waals surface area (Å²) in [6.45, 7) is 2.06. The predicted octanol–water partition coefficient (Wildman–Crippen LogP) is 4.19. The number of hydrogen-bond acceptors (Lipinski definition) is 4. The van der Waals surface area contributed by atoms with Gasteiger partial charge in [0.05, 0.1) is 16.5 Å². The molecule has 0 aromatic heterocycles. The van der Waals surface area contributed by atoms with Crippen molar-refractivity contribution < 1.29 is 14.3 Å². The van der Waals surface area contributed by atoms with Crippen LogP contribution in [0, 0.1) is 0 Å². The molecule has 27 heavy (non-hydrogen) atoms. The fourth-order valence-electron chi connectivity index (χ4n) is 3.71. The van der Waals surface area contributed by atoms with Gasteiger partial charge in [0.2, 0.25) is 5.91 Å². The van der Waals surface area contributed by atoms with Crippen LogP contribution in [0.1, 0.15) is 30.6 Å². The number of amides is 1. The van der Waals surface area contributed by atoms with E-state index in [0.717, 1.165) is 15.6 Å². The number of benzene rings is 2. The zero-order chi connectivity index (χ0) is 19.0. The van der Waals surface area contributed by atoms with E-state index in [1.54, 1.807) is 16.7 Å². The van der Waals surface area contributed by atoms with Crippen molar-refractivity contribution in [3.63, 3.8) is 0 Å². The molecule has 0 spiro atoms. The van der Waals surface area contributed by atoms with Gasteiger partial charge in [0.15, 0.2) is 6.10 Å². The molecule has 0 N–H and O–H groups in total. The van der Waals surface area contributed by atoms with E-state index < -0.39 is 12.1 Å². The summed E-state index contributed by atoms with van der Waals surface area (Å²) in [5, 5.41) is 0.0988. The van der Waals surface area contributed by atoms with E-state index in [0.29, 0.717) is 6.42 Å². The molecule has 2 aliphatic heterocycles. The van der Waals surface area contributed by atoms with Gasteiger partial charge >= 0.3 is 5.97 Å². The van der Waals surface area contributed by atoms with Crippen molar-refractivity contribution in [3.8, 4) is 0 Å². The second-order valence-electron chi connectivity index (χ2n) is 7.06. The van der Waals surface area contributed by atoms with Crippen LogP contribution in [-0.4, -0.2) is 37.4 Å². The number of thioether (sulfide) groups is 1. The number of hydrogen-bond donors (Lipinski definition) is 0. The lowest BCUT2D eigenvalue weighted by Crippen LogP contribution is -2.58. The van der Waals surface area contributed by atoms with Crippen molar-refractivity contribution in [1.29, 1.82) is 0 Å². The van der Waals surface area contributed by atoms with Crippen LogP contribution >= 0.6 is 34.4 Å². The Bertz CT molecular complexity index is 808. The maximum Gasteiger partial charge on any atom is 0.331 e. The molecule has 2 aliphatic rings. The third kappa shape index (κ3) is 3.38. The van der Waals surface area contributed by atoms with E-state index in [2.05, 4.69) is 29.5 Å². The summed E-state index contributed by atoms with van der Waals surface area (Å²) in [5.74, 6) is -0.283. The Morgan fingerprint density at radius 1 is 1.19 bits per heavy atom. The van der Waals surface area contributed by atoms with Crippen LogP contribution in [0.25, 0.3) is 0 Å². The molecule has 2 saturated heterocycles. The molecular weight excluding hydrogens is 473 g/mol. The highest BCUT2D eigenvalue weighted by atomic mass is 127. The quantitative estimate of drug-likeness (QED) is 0.271. The Hall–Kier alpha value is -1.54. The van der Waals surface area contributed by atoms with E-state index in [1.807, 2.05) is 60.7 Å². The van der Waals surface area contributed by atoms with Crippen molar-refractivity contribution in [2.75, 3.05) is 4.43 Å². The van der Waals surface area contributed by atoms with Crippen molar-refractivity contribution in [2.24, 2.45) is 0 Å². The molecule has 0 radical (unpaired) electrons. The number of alkyl halides is 1. The first kappa shape index (κ1) is 18.8. The van der Waals surface area contributed by atoms with E-state index in [-0.39, 0.29) is 22.0 Å². The topological polar surface area (TPSA) is 46.6 Å². The Morgan fingerprint density at radius 2 is 1.74 bits per heavy atom. The van der Waals surface area contributed by atoms with Gasteiger partial charge in [-0.25, -0.2) is 4.79 Å². The van der Waals surface area contributed by atoms with Crippen LogP contribution in [0.3, 0.4) is 0 Å². The summed E-state index contributed by atoms with van der Waals surface area (Å²) in [6, 6.07) is 18.9.